The second-order valence-electron chi connectivity index (χ2n) is 6.68. The number of hydrogen-bond acceptors (Lipinski definition) is 4. The molecular formula is C21H18FN5O2. The first-order chi connectivity index (χ1) is 14.0. The lowest BCUT2D eigenvalue weighted by Gasteiger charge is -2.14. The number of fused-ring (bicyclic) bond motifs is 1. The Balaban J connectivity index is 1.60. The largest absolute Gasteiger partial charge is 0.349 e. The van der Waals surface area contributed by atoms with Gasteiger partial charge < -0.3 is 5.32 Å². The zero-order chi connectivity index (χ0) is 20.4. The van der Waals surface area contributed by atoms with Gasteiger partial charge in [0.05, 0.1) is 18.2 Å². The lowest BCUT2D eigenvalue weighted by Crippen LogP contribution is -2.30. The third-order valence-electron chi connectivity index (χ3n) is 4.61. The summed E-state index contributed by atoms with van der Waals surface area (Å²) in [6.07, 6.45) is -0.0605. The molecule has 0 unspecified atom stereocenters. The fourth-order valence-corrected chi connectivity index (χ4v) is 3.10. The van der Waals surface area contributed by atoms with E-state index in [9.17, 15) is 14.0 Å². The van der Waals surface area contributed by atoms with Crippen LogP contribution in [0.1, 0.15) is 24.4 Å². The van der Waals surface area contributed by atoms with E-state index in [2.05, 4.69) is 20.6 Å². The Morgan fingerprint density at radius 3 is 2.62 bits per heavy atom. The Kier molecular flexibility index (Phi) is 4.90. The Morgan fingerprint density at radius 1 is 1.17 bits per heavy atom. The fourth-order valence-electron chi connectivity index (χ4n) is 3.10. The van der Waals surface area contributed by atoms with Crippen LogP contribution < -0.4 is 10.9 Å². The van der Waals surface area contributed by atoms with Gasteiger partial charge in [0, 0.05) is 5.56 Å². The molecule has 29 heavy (non-hydrogen) atoms. The van der Waals surface area contributed by atoms with Crippen LogP contribution >= 0.6 is 0 Å². The van der Waals surface area contributed by atoms with E-state index in [0.29, 0.717) is 17.1 Å². The molecular weight excluding hydrogens is 373 g/mol. The minimum absolute atomic E-state index is 0.0605. The summed E-state index contributed by atoms with van der Waals surface area (Å²) in [6, 6.07) is 16.8. The molecule has 4 aromatic rings. The number of rotatable bonds is 5. The number of nitrogens with one attached hydrogen (secondary N) is 2. The lowest BCUT2D eigenvalue weighted by molar-refractivity contribution is -0.121. The molecule has 7 nitrogen and oxygen atoms in total. The molecule has 1 amide bonds. The molecule has 0 saturated heterocycles. The lowest BCUT2D eigenvalue weighted by atomic mass is 10.1. The molecule has 0 spiro atoms. The van der Waals surface area contributed by atoms with Crippen molar-refractivity contribution >= 4 is 11.4 Å². The predicted molar refractivity (Wildman–Crippen MR) is 106 cm³/mol. The van der Waals surface area contributed by atoms with E-state index >= 15 is 0 Å². The van der Waals surface area contributed by atoms with Crippen LogP contribution in [0.5, 0.6) is 0 Å². The van der Waals surface area contributed by atoms with E-state index in [-0.39, 0.29) is 29.7 Å². The molecule has 2 aromatic carbocycles. The average Bonchev–Trinajstić information content (AvgIpc) is 3.18. The Hall–Kier alpha value is -3.81. The van der Waals surface area contributed by atoms with Gasteiger partial charge in [-0.3, -0.25) is 9.59 Å². The molecule has 2 aromatic heterocycles. The maximum Gasteiger partial charge on any atom is 0.290 e. The number of amides is 1. The van der Waals surface area contributed by atoms with Crippen molar-refractivity contribution in [2.24, 2.45) is 0 Å². The van der Waals surface area contributed by atoms with Crippen molar-refractivity contribution in [2.45, 2.75) is 19.4 Å². The van der Waals surface area contributed by atoms with E-state index in [1.54, 1.807) is 18.2 Å². The number of carbonyl (C=O) groups excluding carboxylic acids is 1. The molecule has 0 radical (unpaired) electrons. The zero-order valence-corrected chi connectivity index (χ0v) is 15.6. The summed E-state index contributed by atoms with van der Waals surface area (Å²) in [5.41, 5.74) is 1.97. The Labute approximate surface area is 165 Å². The van der Waals surface area contributed by atoms with Gasteiger partial charge in [0.2, 0.25) is 5.91 Å². The van der Waals surface area contributed by atoms with Crippen LogP contribution in [-0.2, 0) is 11.2 Å². The highest BCUT2D eigenvalue weighted by Gasteiger charge is 2.16. The quantitative estimate of drug-likeness (QED) is 0.547. The number of benzene rings is 2. The van der Waals surface area contributed by atoms with Crippen LogP contribution in [0.25, 0.3) is 16.8 Å². The van der Waals surface area contributed by atoms with Crippen molar-refractivity contribution in [1.29, 1.82) is 0 Å². The summed E-state index contributed by atoms with van der Waals surface area (Å²) in [4.78, 5) is 24.7. The Morgan fingerprint density at radius 2 is 1.90 bits per heavy atom. The summed E-state index contributed by atoms with van der Waals surface area (Å²) >= 11 is 0. The van der Waals surface area contributed by atoms with Crippen LogP contribution in [0.3, 0.4) is 0 Å². The van der Waals surface area contributed by atoms with Crippen LogP contribution in [0.2, 0.25) is 0 Å². The molecule has 0 aliphatic heterocycles. The minimum atomic E-state index is -0.423. The first-order valence-electron chi connectivity index (χ1n) is 9.09. The summed E-state index contributed by atoms with van der Waals surface area (Å²) in [6.45, 7) is 1.89. The number of H-pyrrole nitrogens is 1. The second kappa shape index (κ2) is 7.67. The van der Waals surface area contributed by atoms with Gasteiger partial charge in [-0.2, -0.15) is 10.2 Å². The predicted octanol–water partition coefficient (Wildman–Crippen LogP) is 2.64. The first kappa shape index (κ1) is 18.5. The molecule has 1 atom stereocenters. The van der Waals surface area contributed by atoms with Gasteiger partial charge in [-0.1, -0.05) is 30.3 Å². The van der Waals surface area contributed by atoms with Gasteiger partial charge in [0.25, 0.3) is 5.56 Å². The Bertz CT molecular complexity index is 1220. The van der Waals surface area contributed by atoms with Gasteiger partial charge in [0.1, 0.15) is 11.3 Å². The van der Waals surface area contributed by atoms with Crippen molar-refractivity contribution in [2.75, 3.05) is 0 Å². The molecule has 0 saturated carbocycles. The molecule has 0 aliphatic rings. The molecule has 2 N–H and O–H groups in total. The highest BCUT2D eigenvalue weighted by Crippen LogP contribution is 2.19. The minimum Gasteiger partial charge on any atom is -0.349 e. The molecule has 0 bridgehead atoms. The summed E-state index contributed by atoms with van der Waals surface area (Å²) in [5, 5.41) is 13.7. The number of hydrogen-bond donors (Lipinski definition) is 2. The summed E-state index contributed by atoms with van der Waals surface area (Å²) in [5.74, 6) is -0.311. The van der Waals surface area contributed by atoms with Gasteiger partial charge in [0.15, 0.2) is 5.82 Å². The third kappa shape index (κ3) is 3.91. The van der Waals surface area contributed by atoms with Gasteiger partial charge in [-0.05, 0) is 42.8 Å². The van der Waals surface area contributed by atoms with Crippen molar-refractivity contribution < 1.29 is 9.18 Å². The van der Waals surface area contributed by atoms with Crippen molar-refractivity contribution in [3.63, 3.8) is 0 Å². The van der Waals surface area contributed by atoms with E-state index < -0.39 is 5.56 Å². The summed E-state index contributed by atoms with van der Waals surface area (Å²) < 4.78 is 14.5. The van der Waals surface area contributed by atoms with E-state index in [4.69, 9.17) is 0 Å². The highest BCUT2D eigenvalue weighted by atomic mass is 19.1. The zero-order valence-electron chi connectivity index (χ0n) is 15.6. The number of aromatic amines is 1. The van der Waals surface area contributed by atoms with Gasteiger partial charge in [-0.25, -0.2) is 14.0 Å². The monoisotopic (exact) mass is 391 g/mol. The fraction of sp³-hybridized carbons (Fsp3) is 0.143. The summed E-state index contributed by atoms with van der Waals surface area (Å²) in [7, 11) is 0. The molecule has 0 aliphatic carbocycles. The topological polar surface area (TPSA) is 92.1 Å². The van der Waals surface area contributed by atoms with E-state index in [1.807, 2.05) is 37.3 Å². The second-order valence-corrected chi connectivity index (χ2v) is 6.68. The van der Waals surface area contributed by atoms with E-state index in [0.717, 1.165) is 5.56 Å². The number of halogens is 1. The molecule has 4 rings (SSSR count). The van der Waals surface area contributed by atoms with Crippen LogP contribution in [0.15, 0.2) is 65.5 Å². The normalized spacial score (nSPS) is 12.1. The number of aromatic nitrogens is 4. The average molecular weight is 391 g/mol. The third-order valence-corrected chi connectivity index (χ3v) is 4.61. The highest BCUT2D eigenvalue weighted by molar-refractivity contribution is 5.78. The maximum atomic E-state index is 13.2. The van der Waals surface area contributed by atoms with Crippen LogP contribution in [-0.4, -0.2) is 25.7 Å². The first-order valence-corrected chi connectivity index (χ1v) is 9.09. The number of carbonyl (C=O) groups is 1. The van der Waals surface area contributed by atoms with Crippen molar-refractivity contribution in [1.82, 2.24) is 25.1 Å². The van der Waals surface area contributed by atoms with Gasteiger partial charge >= 0.3 is 0 Å². The van der Waals surface area contributed by atoms with Gasteiger partial charge in [-0.15, -0.1) is 0 Å². The van der Waals surface area contributed by atoms with Crippen LogP contribution in [0.4, 0.5) is 4.39 Å². The number of nitrogens with zero attached hydrogens (tertiary/aromatic N) is 3. The molecule has 146 valence electrons. The SMILES string of the molecule is C[C@H](NC(=O)Cc1n[nH]c(=O)c2cc(-c3ccc(F)cc3)nn12)c1ccccc1. The maximum absolute atomic E-state index is 13.2. The standard InChI is InChI=1S/C21H18FN5O2/c1-13(14-5-3-2-4-6-14)23-20(28)12-19-24-25-21(29)18-11-17(26-27(18)19)15-7-9-16(22)10-8-15/h2-11,13H,12H2,1H3,(H,23,28)(H,25,29)/t13-/m0/s1. The van der Waals surface area contributed by atoms with Crippen molar-refractivity contribution in [3.05, 3.63) is 88.2 Å². The van der Waals surface area contributed by atoms with E-state index in [1.165, 1.54) is 16.6 Å². The van der Waals surface area contributed by atoms with Crippen molar-refractivity contribution in [3.8, 4) is 11.3 Å². The van der Waals surface area contributed by atoms with Crippen LogP contribution in [0, 0.1) is 5.82 Å². The molecule has 8 heteroatoms. The molecule has 0 fully saturated rings. The smallest absolute Gasteiger partial charge is 0.290 e. The molecule has 2 heterocycles.